The summed E-state index contributed by atoms with van der Waals surface area (Å²) >= 11 is 0.595. The van der Waals surface area contributed by atoms with Crippen molar-refractivity contribution in [1.82, 2.24) is 0 Å². The predicted molar refractivity (Wildman–Crippen MR) is 55.9 cm³/mol. The van der Waals surface area contributed by atoms with Gasteiger partial charge in [0.25, 0.3) is 0 Å². The number of hydrogen-bond donors (Lipinski definition) is 1. The van der Waals surface area contributed by atoms with Gasteiger partial charge in [0, 0.05) is 6.42 Å². The molecule has 0 aliphatic heterocycles. The second-order valence-corrected chi connectivity index (χ2v) is 5.44. The van der Waals surface area contributed by atoms with Crippen molar-refractivity contribution in [3.63, 3.8) is 0 Å². The van der Waals surface area contributed by atoms with Crippen LogP contribution >= 0.6 is 22.6 Å². The van der Waals surface area contributed by atoms with Gasteiger partial charge in [0.05, 0.1) is 0 Å². The SMILES string of the molecule is O=C(O)C(I)CC(F)(F)C(F)(F)C(F)(F)C(F)(F)C(F)(F)F. The molecule has 0 aliphatic rings. The summed E-state index contributed by atoms with van der Waals surface area (Å²) in [5, 5.41) is 8.20. The molecule has 22 heavy (non-hydrogen) atoms. The fraction of sp³-hybridized carbons (Fsp3) is 0.875. The summed E-state index contributed by atoms with van der Waals surface area (Å²) < 4.78 is 135. The Morgan fingerprint density at radius 1 is 0.818 bits per heavy atom. The maximum atomic E-state index is 13.0. The van der Waals surface area contributed by atoms with Gasteiger partial charge < -0.3 is 5.11 Å². The van der Waals surface area contributed by atoms with Crippen LogP contribution in [-0.2, 0) is 4.79 Å². The fourth-order valence-electron chi connectivity index (χ4n) is 1.05. The molecule has 0 radical (unpaired) electrons. The Hall–Kier alpha value is -0.570. The quantitative estimate of drug-likeness (QED) is 0.358. The minimum Gasteiger partial charge on any atom is -0.480 e. The molecule has 0 bridgehead atoms. The van der Waals surface area contributed by atoms with Gasteiger partial charge in [0.2, 0.25) is 0 Å². The Bertz CT molecular complexity index is 430. The Kier molecular flexibility index (Phi) is 5.66. The topological polar surface area (TPSA) is 37.3 Å². The lowest BCUT2D eigenvalue weighted by Gasteiger charge is -2.37. The van der Waals surface area contributed by atoms with Crippen molar-refractivity contribution in [3.05, 3.63) is 0 Å². The number of carboxylic acid groups (broad SMARTS) is 1. The van der Waals surface area contributed by atoms with E-state index in [2.05, 4.69) is 0 Å². The molecule has 1 unspecified atom stereocenters. The van der Waals surface area contributed by atoms with Crippen molar-refractivity contribution in [1.29, 1.82) is 0 Å². The third kappa shape index (κ3) is 3.34. The molecule has 0 aromatic carbocycles. The molecule has 0 heterocycles. The van der Waals surface area contributed by atoms with Crippen LogP contribution in [0.4, 0.5) is 48.3 Å². The average molecular weight is 468 g/mol. The summed E-state index contributed by atoms with van der Waals surface area (Å²) in [4.78, 5) is 10.2. The van der Waals surface area contributed by atoms with Crippen LogP contribution in [0.1, 0.15) is 6.42 Å². The Labute approximate surface area is 127 Å². The number of halogens is 12. The number of carboxylic acids is 1. The summed E-state index contributed by atoms with van der Waals surface area (Å²) in [5.41, 5.74) is 0. The molecule has 0 rings (SSSR count). The first-order valence-electron chi connectivity index (χ1n) is 4.78. The van der Waals surface area contributed by atoms with Crippen molar-refractivity contribution in [2.24, 2.45) is 0 Å². The molecule has 0 aromatic heterocycles. The maximum absolute atomic E-state index is 13.0. The van der Waals surface area contributed by atoms with E-state index in [0.29, 0.717) is 22.6 Å². The maximum Gasteiger partial charge on any atom is 0.460 e. The lowest BCUT2D eigenvalue weighted by molar-refractivity contribution is -0.422. The van der Waals surface area contributed by atoms with E-state index in [0.717, 1.165) is 0 Å². The fourth-order valence-corrected chi connectivity index (χ4v) is 1.60. The van der Waals surface area contributed by atoms with Crippen molar-refractivity contribution in [2.75, 3.05) is 0 Å². The molecule has 0 aliphatic carbocycles. The number of alkyl halides is 12. The van der Waals surface area contributed by atoms with E-state index in [1.807, 2.05) is 0 Å². The van der Waals surface area contributed by atoms with E-state index in [1.54, 1.807) is 0 Å². The molecule has 0 fully saturated rings. The summed E-state index contributed by atoms with van der Waals surface area (Å²) in [6, 6.07) is 0. The van der Waals surface area contributed by atoms with Crippen LogP contribution in [0.3, 0.4) is 0 Å². The van der Waals surface area contributed by atoms with Crippen LogP contribution in [0.2, 0.25) is 0 Å². The number of hydrogen-bond acceptors (Lipinski definition) is 1. The third-order valence-electron chi connectivity index (χ3n) is 2.31. The van der Waals surface area contributed by atoms with Gasteiger partial charge in [-0.3, -0.25) is 4.79 Å². The Morgan fingerprint density at radius 2 is 1.18 bits per heavy atom. The third-order valence-corrected chi connectivity index (χ3v) is 3.28. The van der Waals surface area contributed by atoms with E-state index < -0.39 is 46.2 Å². The van der Waals surface area contributed by atoms with Gasteiger partial charge in [-0.2, -0.15) is 48.3 Å². The smallest absolute Gasteiger partial charge is 0.460 e. The van der Waals surface area contributed by atoms with Gasteiger partial charge in [-0.05, 0) is 0 Å². The van der Waals surface area contributed by atoms with E-state index >= 15 is 0 Å². The Morgan fingerprint density at radius 3 is 1.45 bits per heavy atom. The number of carbonyl (C=O) groups is 1. The van der Waals surface area contributed by atoms with Gasteiger partial charge in [-0.15, -0.1) is 0 Å². The molecule has 132 valence electrons. The molecule has 0 spiro atoms. The van der Waals surface area contributed by atoms with Crippen molar-refractivity contribution < 1.29 is 58.2 Å². The highest BCUT2D eigenvalue weighted by atomic mass is 127. The molecule has 0 saturated carbocycles. The first-order valence-corrected chi connectivity index (χ1v) is 6.02. The largest absolute Gasteiger partial charge is 0.480 e. The highest BCUT2D eigenvalue weighted by Crippen LogP contribution is 2.58. The molecule has 1 N–H and O–H groups in total. The van der Waals surface area contributed by atoms with Gasteiger partial charge in [0.1, 0.15) is 3.92 Å². The van der Waals surface area contributed by atoms with Crippen molar-refractivity contribution in [3.8, 4) is 0 Å². The number of aliphatic carboxylic acids is 1. The first kappa shape index (κ1) is 21.4. The number of rotatable bonds is 6. The lowest BCUT2D eigenvalue weighted by atomic mass is 9.95. The van der Waals surface area contributed by atoms with Crippen LogP contribution < -0.4 is 0 Å². The van der Waals surface area contributed by atoms with E-state index in [4.69, 9.17) is 5.11 Å². The summed E-state index contributed by atoms with van der Waals surface area (Å²) in [5.74, 6) is -30.4. The monoisotopic (exact) mass is 468 g/mol. The van der Waals surface area contributed by atoms with Crippen LogP contribution in [0.15, 0.2) is 0 Å². The zero-order valence-electron chi connectivity index (χ0n) is 9.68. The molecular formula is C8H4F11IO2. The van der Waals surface area contributed by atoms with E-state index in [1.165, 1.54) is 0 Å². The van der Waals surface area contributed by atoms with Gasteiger partial charge in [0.15, 0.2) is 0 Å². The van der Waals surface area contributed by atoms with E-state index in [-0.39, 0.29) is 0 Å². The zero-order chi connectivity index (χ0) is 18.4. The molecule has 2 nitrogen and oxygen atoms in total. The molecule has 0 amide bonds. The van der Waals surface area contributed by atoms with Gasteiger partial charge in [-0.1, -0.05) is 22.6 Å². The summed E-state index contributed by atoms with van der Waals surface area (Å²) in [7, 11) is 0. The molecule has 0 saturated heterocycles. The second-order valence-electron chi connectivity index (χ2n) is 3.94. The van der Waals surface area contributed by atoms with Crippen molar-refractivity contribution in [2.45, 2.75) is 40.2 Å². The molecule has 0 aromatic rings. The minimum absolute atomic E-state index is 0.595. The normalized spacial score (nSPS) is 16.5. The zero-order valence-corrected chi connectivity index (χ0v) is 11.8. The lowest BCUT2D eigenvalue weighted by Crippen LogP contribution is -2.66. The van der Waals surface area contributed by atoms with E-state index in [9.17, 15) is 53.1 Å². The molecule has 1 atom stereocenters. The highest BCUT2D eigenvalue weighted by molar-refractivity contribution is 14.1. The molecule has 14 heteroatoms. The van der Waals surface area contributed by atoms with Crippen molar-refractivity contribution >= 4 is 28.6 Å². The standard InChI is InChI=1S/C8H4F11IO2/c9-4(10,1-2(20)3(21)22)5(11,12)6(13,14)7(15,16)8(17,18)19/h2H,1H2,(H,21,22). The predicted octanol–water partition coefficient (Wildman–Crippen LogP) is 4.37. The van der Waals surface area contributed by atoms with Crippen LogP contribution in [0.5, 0.6) is 0 Å². The molecular weight excluding hydrogens is 464 g/mol. The van der Waals surface area contributed by atoms with Gasteiger partial charge >= 0.3 is 35.8 Å². The second kappa shape index (κ2) is 5.81. The van der Waals surface area contributed by atoms with Gasteiger partial charge in [-0.25, -0.2) is 0 Å². The summed E-state index contributed by atoms with van der Waals surface area (Å²) in [6.07, 6.45) is -9.81. The van der Waals surface area contributed by atoms with Crippen LogP contribution in [0.25, 0.3) is 0 Å². The highest BCUT2D eigenvalue weighted by Gasteiger charge is 2.87. The Balaban J connectivity index is 5.84. The van der Waals surface area contributed by atoms with Crippen LogP contribution in [0, 0.1) is 0 Å². The summed E-state index contributed by atoms with van der Waals surface area (Å²) in [6.45, 7) is 0. The van der Waals surface area contributed by atoms with Crippen LogP contribution in [-0.4, -0.2) is 44.9 Å². The average Bonchev–Trinajstić information content (AvgIpc) is 2.25. The minimum atomic E-state index is -7.50. The first-order chi connectivity index (χ1) is 9.33.